The molecule has 2 aromatic rings. The summed E-state index contributed by atoms with van der Waals surface area (Å²) in [5.41, 5.74) is 2.30. The Labute approximate surface area is 189 Å². The highest BCUT2D eigenvalue weighted by molar-refractivity contribution is 9.10. The SMILES string of the molecule is O=C(C=Cc1ccc(Sc2ccccc2Br)c(Cl)c1)N1CCC2CC=CC=C2C1. The Morgan fingerprint density at radius 1 is 1.21 bits per heavy atom. The van der Waals surface area contributed by atoms with Crippen LogP contribution in [0, 0.1) is 5.92 Å². The van der Waals surface area contributed by atoms with Crippen molar-refractivity contribution in [2.45, 2.75) is 22.6 Å². The monoisotopic (exact) mass is 485 g/mol. The normalized spacial score (nSPS) is 18.6. The van der Waals surface area contributed by atoms with Gasteiger partial charge in [0, 0.05) is 33.4 Å². The summed E-state index contributed by atoms with van der Waals surface area (Å²) in [6.07, 6.45) is 12.1. The summed E-state index contributed by atoms with van der Waals surface area (Å²) in [6, 6.07) is 14.0. The molecule has 1 aliphatic heterocycles. The van der Waals surface area contributed by atoms with Gasteiger partial charge in [0.15, 0.2) is 0 Å². The van der Waals surface area contributed by atoms with Gasteiger partial charge >= 0.3 is 0 Å². The molecule has 0 saturated carbocycles. The average Bonchev–Trinajstić information content (AvgIpc) is 2.75. The number of hydrogen-bond donors (Lipinski definition) is 0. The fourth-order valence-corrected chi connectivity index (χ4v) is 5.30. The average molecular weight is 487 g/mol. The third kappa shape index (κ3) is 5.06. The van der Waals surface area contributed by atoms with Crippen LogP contribution in [-0.4, -0.2) is 23.9 Å². The number of carbonyl (C=O) groups is 1. The molecule has 4 rings (SSSR count). The van der Waals surface area contributed by atoms with Crippen LogP contribution in [0.1, 0.15) is 18.4 Å². The van der Waals surface area contributed by atoms with Gasteiger partial charge in [0.2, 0.25) is 5.91 Å². The standard InChI is InChI=1S/C24H21BrClNOS/c25-20-7-3-4-8-22(20)29-23-11-9-17(15-21(23)26)10-12-24(28)27-14-13-18-5-1-2-6-19(18)16-27/h1-4,6-12,15,18H,5,13-14,16H2. The molecule has 1 aliphatic carbocycles. The van der Waals surface area contributed by atoms with Gasteiger partial charge < -0.3 is 4.90 Å². The number of allylic oxidation sites excluding steroid dienone is 3. The van der Waals surface area contributed by atoms with Crippen LogP contribution in [0.5, 0.6) is 0 Å². The van der Waals surface area contributed by atoms with E-state index >= 15 is 0 Å². The van der Waals surface area contributed by atoms with Gasteiger partial charge in [-0.1, -0.05) is 59.8 Å². The molecular formula is C24H21BrClNOS. The van der Waals surface area contributed by atoms with Crippen molar-refractivity contribution in [3.63, 3.8) is 0 Å². The van der Waals surface area contributed by atoms with Crippen molar-refractivity contribution in [3.05, 3.63) is 87.4 Å². The molecular weight excluding hydrogens is 466 g/mol. The molecule has 0 bridgehead atoms. The first-order chi connectivity index (χ1) is 14.1. The number of nitrogens with zero attached hydrogens (tertiary/aromatic N) is 1. The zero-order chi connectivity index (χ0) is 20.2. The number of carbonyl (C=O) groups excluding carboxylic acids is 1. The van der Waals surface area contributed by atoms with Crippen LogP contribution >= 0.6 is 39.3 Å². The summed E-state index contributed by atoms with van der Waals surface area (Å²) >= 11 is 11.7. The second-order valence-electron chi connectivity index (χ2n) is 7.21. The lowest BCUT2D eigenvalue weighted by Gasteiger charge is -2.34. The van der Waals surface area contributed by atoms with Crippen LogP contribution in [-0.2, 0) is 4.79 Å². The Morgan fingerprint density at radius 3 is 2.90 bits per heavy atom. The van der Waals surface area contributed by atoms with Gasteiger partial charge in [-0.05, 0) is 76.2 Å². The molecule has 0 radical (unpaired) electrons. The van der Waals surface area contributed by atoms with E-state index < -0.39 is 0 Å². The van der Waals surface area contributed by atoms with Crippen LogP contribution in [0.2, 0.25) is 5.02 Å². The Morgan fingerprint density at radius 2 is 2.07 bits per heavy atom. The third-order valence-corrected chi connectivity index (χ3v) is 7.79. The second kappa shape index (κ2) is 9.38. The van der Waals surface area contributed by atoms with E-state index in [1.54, 1.807) is 17.8 Å². The van der Waals surface area contributed by atoms with Crippen molar-refractivity contribution in [1.82, 2.24) is 4.90 Å². The molecule has 1 unspecified atom stereocenters. The van der Waals surface area contributed by atoms with E-state index in [4.69, 9.17) is 11.6 Å². The number of amides is 1. The van der Waals surface area contributed by atoms with Gasteiger partial charge in [-0.15, -0.1) is 0 Å². The van der Waals surface area contributed by atoms with Crippen LogP contribution in [0.3, 0.4) is 0 Å². The van der Waals surface area contributed by atoms with Crippen molar-refractivity contribution < 1.29 is 4.79 Å². The van der Waals surface area contributed by atoms with E-state index in [1.807, 2.05) is 47.4 Å². The molecule has 0 spiro atoms. The molecule has 1 amide bonds. The quantitative estimate of drug-likeness (QED) is 0.434. The first-order valence-corrected chi connectivity index (χ1v) is 11.6. The minimum atomic E-state index is 0.0571. The van der Waals surface area contributed by atoms with Crippen molar-refractivity contribution >= 4 is 51.3 Å². The smallest absolute Gasteiger partial charge is 0.246 e. The Balaban J connectivity index is 1.41. The molecule has 1 fully saturated rings. The highest BCUT2D eigenvalue weighted by Gasteiger charge is 2.25. The van der Waals surface area contributed by atoms with Gasteiger partial charge in [0.05, 0.1) is 5.02 Å². The molecule has 2 nitrogen and oxygen atoms in total. The number of fused-ring (bicyclic) bond motifs is 1. The first kappa shape index (κ1) is 20.5. The second-order valence-corrected chi connectivity index (χ2v) is 9.55. The number of rotatable bonds is 4. The fourth-order valence-electron chi connectivity index (χ4n) is 3.63. The van der Waals surface area contributed by atoms with Crippen molar-refractivity contribution in [1.29, 1.82) is 0 Å². The molecule has 1 heterocycles. The number of benzene rings is 2. The molecule has 148 valence electrons. The molecule has 29 heavy (non-hydrogen) atoms. The molecule has 1 atom stereocenters. The summed E-state index contributed by atoms with van der Waals surface area (Å²) in [6.45, 7) is 1.56. The molecule has 0 aromatic heterocycles. The maximum Gasteiger partial charge on any atom is 0.246 e. The zero-order valence-corrected chi connectivity index (χ0v) is 19.0. The zero-order valence-electron chi connectivity index (χ0n) is 15.9. The molecule has 5 heteroatoms. The summed E-state index contributed by atoms with van der Waals surface area (Å²) < 4.78 is 1.04. The predicted octanol–water partition coefficient (Wildman–Crippen LogP) is 7.00. The Kier molecular flexibility index (Phi) is 6.63. The third-order valence-electron chi connectivity index (χ3n) is 5.25. The van der Waals surface area contributed by atoms with Crippen LogP contribution < -0.4 is 0 Å². The minimum absolute atomic E-state index is 0.0571. The van der Waals surface area contributed by atoms with Crippen LogP contribution in [0.15, 0.2) is 86.6 Å². The summed E-state index contributed by atoms with van der Waals surface area (Å²) in [4.78, 5) is 16.7. The van der Waals surface area contributed by atoms with E-state index in [9.17, 15) is 4.79 Å². The van der Waals surface area contributed by atoms with Gasteiger partial charge in [0.25, 0.3) is 0 Å². The predicted molar refractivity (Wildman–Crippen MR) is 125 cm³/mol. The van der Waals surface area contributed by atoms with Crippen molar-refractivity contribution in [2.24, 2.45) is 5.92 Å². The lowest BCUT2D eigenvalue weighted by atomic mass is 9.85. The van der Waals surface area contributed by atoms with E-state index in [2.05, 4.69) is 40.2 Å². The van der Waals surface area contributed by atoms with E-state index in [-0.39, 0.29) is 5.91 Å². The minimum Gasteiger partial charge on any atom is -0.335 e. The van der Waals surface area contributed by atoms with Gasteiger partial charge in [0.1, 0.15) is 0 Å². The molecule has 1 saturated heterocycles. The summed E-state index contributed by atoms with van der Waals surface area (Å²) in [7, 11) is 0. The Hall–Kier alpha value is -1.75. The van der Waals surface area contributed by atoms with Crippen molar-refractivity contribution in [3.8, 4) is 0 Å². The van der Waals surface area contributed by atoms with E-state index in [0.717, 1.165) is 45.8 Å². The molecule has 0 N–H and O–H groups in total. The molecule has 2 aliphatic rings. The number of piperidine rings is 1. The maximum absolute atomic E-state index is 12.6. The Bertz CT molecular complexity index is 1010. The topological polar surface area (TPSA) is 20.3 Å². The first-order valence-electron chi connectivity index (χ1n) is 9.64. The summed E-state index contributed by atoms with van der Waals surface area (Å²) in [5, 5.41) is 0.681. The fraction of sp³-hybridized carbons (Fsp3) is 0.208. The van der Waals surface area contributed by atoms with Crippen molar-refractivity contribution in [2.75, 3.05) is 13.1 Å². The van der Waals surface area contributed by atoms with E-state index in [1.165, 1.54) is 5.57 Å². The van der Waals surface area contributed by atoms with Crippen LogP contribution in [0.4, 0.5) is 0 Å². The maximum atomic E-state index is 12.6. The van der Waals surface area contributed by atoms with Gasteiger partial charge in [-0.3, -0.25) is 4.79 Å². The highest BCUT2D eigenvalue weighted by atomic mass is 79.9. The number of hydrogen-bond acceptors (Lipinski definition) is 2. The van der Waals surface area contributed by atoms with Gasteiger partial charge in [-0.2, -0.15) is 0 Å². The largest absolute Gasteiger partial charge is 0.335 e. The van der Waals surface area contributed by atoms with Crippen LogP contribution in [0.25, 0.3) is 6.08 Å². The lowest BCUT2D eigenvalue weighted by Crippen LogP contribution is -2.39. The molecule has 2 aromatic carbocycles. The lowest BCUT2D eigenvalue weighted by molar-refractivity contribution is -0.126. The highest BCUT2D eigenvalue weighted by Crippen LogP contribution is 2.37. The number of likely N-dealkylation sites (tertiary alicyclic amines) is 1. The van der Waals surface area contributed by atoms with E-state index in [0.29, 0.717) is 10.9 Å². The summed E-state index contributed by atoms with van der Waals surface area (Å²) in [5.74, 6) is 0.670. The van der Waals surface area contributed by atoms with Gasteiger partial charge in [-0.25, -0.2) is 0 Å². The number of halogens is 2.